The highest BCUT2D eigenvalue weighted by molar-refractivity contribution is 7.96. The van der Waals surface area contributed by atoms with Crippen LogP contribution in [-0.4, -0.2) is 14.2 Å². The van der Waals surface area contributed by atoms with Crippen LogP contribution in [0.25, 0.3) is 0 Å². The molecule has 0 bridgehead atoms. The van der Waals surface area contributed by atoms with E-state index in [4.69, 9.17) is 23.2 Å². The van der Waals surface area contributed by atoms with Crippen molar-refractivity contribution in [2.45, 2.75) is 18.7 Å². The number of aryl methyl sites for hydroxylation is 2. The maximum atomic E-state index is 13.3. The lowest BCUT2D eigenvalue weighted by molar-refractivity contribution is 0.104. The molecule has 0 atom stereocenters. The first kappa shape index (κ1) is 20.7. The Bertz CT molecular complexity index is 1310. The number of para-hydroxylation sites is 1. The molecule has 1 aliphatic rings. The second kappa shape index (κ2) is 7.58. The third-order valence-electron chi connectivity index (χ3n) is 4.93. The molecule has 1 aliphatic heterocycles. The van der Waals surface area contributed by atoms with Gasteiger partial charge in [0.2, 0.25) is 15.6 Å². The predicted molar refractivity (Wildman–Crippen MR) is 121 cm³/mol. The van der Waals surface area contributed by atoms with Crippen molar-refractivity contribution in [3.05, 3.63) is 98.5 Å². The average molecular weight is 458 g/mol. The van der Waals surface area contributed by atoms with Gasteiger partial charge in [0.25, 0.3) is 0 Å². The topological polar surface area (TPSA) is 54.5 Å². The highest BCUT2D eigenvalue weighted by Crippen LogP contribution is 2.41. The van der Waals surface area contributed by atoms with Crippen molar-refractivity contribution in [2.24, 2.45) is 0 Å². The quantitative estimate of drug-likeness (QED) is 0.435. The Kier molecular flexibility index (Phi) is 5.22. The molecule has 0 saturated heterocycles. The van der Waals surface area contributed by atoms with Gasteiger partial charge >= 0.3 is 0 Å². The van der Waals surface area contributed by atoms with E-state index in [1.165, 1.54) is 12.3 Å². The van der Waals surface area contributed by atoms with E-state index in [1.54, 1.807) is 60.4 Å². The molecule has 3 aromatic carbocycles. The lowest BCUT2D eigenvalue weighted by atomic mass is 10.0. The smallest absolute Gasteiger partial charge is 0.214 e. The molecule has 0 radical (unpaired) electrons. The zero-order valence-electron chi connectivity index (χ0n) is 16.2. The van der Waals surface area contributed by atoms with Crippen LogP contribution in [-0.2, 0) is 9.84 Å². The Labute approximate surface area is 185 Å². The van der Waals surface area contributed by atoms with E-state index in [0.717, 1.165) is 5.56 Å². The number of fused-ring (bicyclic) bond motifs is 1. The van der Waals surface area contributed by atoms with Crippen LogP contribution in [0.1, 0.15) is 21.5 Å². The Morgan fingerprint density at radius 1 is 0.900 bits per heavy atom. The fraction of sp³-hybridized carbons (Fsp3) is 0.0870. The zero-order chi connectivity index (χ0) is 21.6. The summed E-state index contributed by atoms with van der Waals surface area (Å²) in [5.74, 6) is -0.555. The summed E-state index contributed by atoms with van der Waals surface area (Å²) in [6.07, 6.45) is 1.35. The SMILES string of the molecule is Cc1ccc(C(=O)C2=CN(c3cc(Cl)cc(Cl)c3)c3ccccc3S2(=O)=O)c(C)c1. The van der Waals surface area contributed by atoms with Gasteiger partial charge in [-0.2, -0.15) is 0 Å². The molecule has 0 unspecified atom stereocenters. The number of nitrogens with zero attached hydrogens (tertiary/aromatic N) is 1. The molecule has 0 saturated carbocycles. The number of allylic oxidation sites excluding steroid dienone is 1. The van der Waals surface area contributed by atoms with Crippen molar-refractivity contribution >= 4 is 50.2 Å². The second-order valence-corrected chi connectivity index (χ2v) is 9.87. The summed E-state index contributed by atoms with van der Waals surface area (Å²) in [4.78, 5) is 14.7. The van der Waals surface area contributed by atoms with Crippen LogP contribution >= 0.6 is 23.2 Å². The molecule has 4 nitrogen and oxygen atoms in total. The van der Waals surface area contributed by atoms with E-state index in [-0.39, 0.29) is 9.80 Å². The number of hydrogen-bond acceptors (Lipinski definition) is 4. The molecule has 7 heteroatoms. The van der Waals surface area contributed by atoms with Crippen molar-refractivity contribution < 1.29 is 13.2 Å². The molecule has 1 heterocycles. The summed E-state index contributed by atoms with van der Waals surface area (Å²) in [5.41, 5.74) is 3.03. The summed E-state index contributed by atoms with van der Waals surface area (Å²) in [7, 11) is -4.01. The van der Waals surface area contributed by atoms with Gasteiger partial charge < -0.3 is 4.90 Å². The number of hydrogen-bond donors (Lipinski definition) is 0. The summed E-state index contributed by atoms with van der Waals surface area (Å²) >= 11 is 12.3. The van der Waals surface area contributed by atoms with Gasteiger partial charge in [-0.15, -0.1) is 0 Å². The third kappa shape index (κ3) is 3.54. The molecule has 3 aromatic rings. The molecule has 0 spiro atoms. The minimum Gasteiger partial charge on any atom is -0.314 e. The number of Topliss-reactive ketones (excluding diaryl/α,β-unsaturated/α-hetero) is 1. The van der Waals surface area contributed by atoms with E-state index in [1.807, 2.05) is 13.0 Å². The van der Waals surface area contributed by atoms with E-state index < -0.39 is 15.6 Å². The lowest BCUT2D eigenvalue weighted by Gasteiger charge is -2.29. The maximum absolute atomic E-state index is 13.3. The molecule has 0 N–H and O–H groups in total. The first-order valence-electron chi connectivity index (χ1n) is 9.12. The van der Waals surface area contributed by atoms with Crippen molar-refractivity contribution in [2.75, 3.05) is 4.90 Å². The largest absolute Gasteiger partial charge is 0.314 e. The zero-order valence-corrected chi connectivity index (χ0v) is 18.5. The average Bonchev–Trinajstić information content (AvgIpc) is 2.67. The van der Waals surface area contributed by atoms with Crippen molar-refractivity contribution in [3.8, 4) is 0 Å². The number of sulfone groups is 1. The highest BCUT2D eigenvalue weighted by atomic mass is 35.5. The number of benzene rings is 3. The molecular weight excluding hydrogens is 441 g/mol. The fourth-order valence-electron chi connectivity index (χ4n) is 3.53. The fourth-order valence-corrected chi connectivity index (χ4v) is 5.58. The number of halogens is 2. The van der Waals surface area contributed by atoms with E-state index in [0.29, 0.717) is 32.5 Å². The summed E-state index contributed by atoms with van der Waals surface area (Å²) in [5, 5.41) is 0.804. The first-order chi connectivity index (χ1) is 14.2. The normalized spacial score (nSPS) is 14.8. The van der Waals surface area contributed by atoms with Gasteiger partial charge in [0.1, 0.15) is 4.91 Å². The summed E-state index contributed by atoms with van der Waals surface area (Å²) in [6.45, 7) is 3.71. The molecule has 0 fully saturated rings. The van der Waals surface area contributed by atoms with E-state index in [9.17, 15) is 13.2 Å². The first-order valence-corrected chi connectivity index (χ1v) is 11.4. The van der Waals surface area contributed by atoms with Gasteiger partial charge in [0.15, 0.2) is 0 Å². The van der Waals surface area contributed by atoms with Crippen molar-refractivity contribution in [1.82, 2.24) is 0 Å². The molecular formula is C23H17Cl2NO3S. The van der Waals surface area contributed by atoms with E-state index in [2.05, 4.69) is 0 Å². The van der Waals surface area contributed by atoms with Crippen molar-refractivity contribution in [1.29, 1.82) is 0 Å². The minimum atomic E-state index is -4.01. The number of ketones is 1. The number of rotatable bonds is 3. The van der Waals surface area contributed by atoms with Crippen LogP contribution < -0.4 is 4.90 Å². The summed E-state index contributed by atoms with van der Waals surface area (Å²) in [6, 6.07) is 16.8. The summed E-state index contributed by atoms with van der Waals surface area (Å²) < 4.78 is 26.7. The van der Waals surface area contributed by atoms with Gasteiger partial charge in [0, 0.05) is 27.5 Å². The van der Waals surface area contributed by atoms with Crippen LogP contribution in [0.5, 0.6) is 0 Å². The maximum Gasteiger partial charge on any atom is 0.214 e. The van der Waals surface area contributed by atoms with E-state index >= 15 is 0 Å². The second-order valence-electron chi connectivity index (χ2n) is 7.11. The van der Waals surface area contributed by atoms with Crippen LogP contribution in [0.3, 0.4) is 0 Å². The number of anilines is 2. The van der Waals surface area contributed by atoms with Gasteiger partial charge in [0.05, 0.1) is 10.6 Å². The lowest BCUT2D eigenvalue weighted by Crippen LogP contribution is -2.26. The molecule has 0 amide bonds. The van der Waals surface area contributed by atoms with Gasteiger partial charge in [-0.25, -0.2) is 8.42 Å². The number of carbonyl (C=O) groups excluding carboxylic acids is 1. The Balaban J connectivity index is 1.95. The van der Waals surface area contributed by atoms with Gasteiger partial charge in [-0.1, -0.05) is 59.1 Å². The molecule has 30 heavy (non-hydrogen) atoms. The van der Waals surface area contributed by atoms with Crippen LogP contribution in [0, 0.1) is 13.8 Å². The van der Waals surface area contributed by atoms with Gasteiger partial charge in [-0.05, 0) is 49.7 Å². The Morgan fingerprint density at radius 2 is 1.57 bits per heavy atom. The van der Waals surface area contributed by atoms with Gasteiger partial charge in [-0.3, -0.25) is 4.79 Å². The Morgan fingerprint density at radius 3 is 2.23 bits per heavy atom. The third-order valence-corrected chi connectivity index (χ3v) is 7.16. The number of carbonyl (C=O) groups is 1. The monoisotopic (exact) mass is 457 g/mol. The Hall–Kier alpha value is -2.60. The van der Waals surface area contributed by atoms with Crippen LogP contribution in [0.2, 0.25) is 10.0 Å². The molecule has 0 aromatic heterocycles. The predicted octanol–water partition coefficient (Wildman–Crippen LogP) is 6.26. The van der Waals surface area contributed by atoms with Crippen molar-refractivity contribution in [3.63, 3.8) is 0 Å². The minimum absolute atomic E-state index is 0.0525. The van der Waals surface area contributed by atoms with Crippen LogP contribution in [0.15, 0.2) is 76.7 Å². The standard InChI is InChI=1S/C23H17Cl2NO3S/c1-14-7-8-19(15(2)9-14)23(27)22-13-26(18-11-16(24)10-17(25)12-18)20-5-3-4-6-21(20)30(22,28)29/h3-13H,1-2H3. The van der Waals surface area contributed by atoms with Crippen LogP contribution in [0.4, 0.5) is 11.4 Å². The molecule has 0 aliphatic carbocycles. The molecule has 152 valence electrons. The highest BCUT2D eigenvalue weighted by Gasteiger charge is 2.36. The molecule has 4 rings (SSSR count).